The second-order valence-electron chi connectivity index (χ2n) is 8.35. The van der Waals surface area contributed by atoms with Crippen LogP contribution in [0.1, 0.15) is 24.9 Å². The first kappa shape index (κ1) is 24.9. The average Bonchev–Trinajstić information content (AvgIpc) is 2.86. The zero-order valence-electron chi connectivity index (χ0n) is 20.0. The molecule has 0 bridgehead atoms. The maximum absolute atomic E-state index is 13.3. The molecule has 1 aliphatic heterocycles. The quantitative estimate of drug-likeness (QED) is 0.536. The van der Waals surface area contributed by atoms with E-state index in [1.54, 1.807) is 18.2 Å². The summed E-state index contributed by atoms with van der Waals surface area (Å²) in [5, 5.41) is 3.65. The molecule has 0 saturated carbocycles. The summed E-state index contributed by atoms with van der Waals surface area (Å²) in [6.07, 6.45) is 0.367. The van der Waals surface area contributed by atoms with Gasteiger partial charge in [0, 0.05) is 30.2 Å². The SMILES string of the molecule is CCC(C(=O)Nc1ccc(S(=O)(=O)N2CCOCC2)cc1)n1c(=O)cc(C)c2cccc(OC)c21. The number of aryl methyl sites for hydroxylation is 1. The van der Waals surface area contributed by atoms with E-state index in [-0.39, 0.29) is 16.4 Å². The summed E-state index contributed by atoms with van der Waals surface area (Å²) >= 11 is 0. The highest BCUT2D eigenvalue weighted by Gasteiger charge is 2.27. The number of sulfonamides is 1. The maximum atomic E-state index is 13.3. The number of para-hydroxylation sites is 1. The third-order valence-corrected chi connectivity index (χ3v) is 8.11. The molecule has 0 spiro atoms. The number of nitrogens with zero attached hydrogens (tertiary/aromatic N) is 2. The molecular weight excluding hydrogens is 470 g/mol. The Morgan fingerprint density at radius 1 is 1.14 bits per heavy atom. The Balaban J connectivity index is 1.63. The van der Waals surface area contributed by atoms with Crippen LogP contribution in [0.3, 0.4) is 0 Å². The number of hydrogen-bond donors (Lipinski definition) is 1. The van der Waals surface area contributed by atoms with E-state index in [4.69, 9.17) is 9.47 Å². The molecule has 1 aromatic heterocycles. The van der Waals surface area contributed by atoms with Crippen LogP contribution in [0.15, 0.2) is 58.2 Å². The van der Waals surface area contributed by atoms with Gasteiger partial charge in [-0.05, 0) is 49.2 Å². The molecule has 0 radical (unpaired) electrons. The number of anilines is 1. The summed E-state index contributed by atoms with van der Waals surface area (Å²) in [6, 6.07) is 12.3. The van der Waals surface area contributed by atoms with E-state index >= 15 is 0 Å². The van der Waals surface area contributed by atoms with E-state index in [0.717, 1.165) is 10.9 Å². The van der Waals surface area contributed by atoms with Gasteiger partial charge in [0.1, 0.15) is 11.8 Å². The van der Waals surface area contributed by atoms with Gasteiger partial charge in [0.25, 0.3) is 5.56 Å². The number of carbonyl (C=O) groups is 1. The number of aromatic nitrogens is 1. The van der Waals surface area contributed by atoms with Crippen molar-refractivity contribution < 1.29 is 22.7 Å². The number of amides is 1. The number of fused-ring (bicyclic) bond motifs is 1. The number of carbonyl (C=O) groups excluding carboxylic acids is 1. The highest BCUT2D eigenvalue weighted by molar-refractivity contribution is 7.89. The van der Waals surface area contributed by atoms with Gasteiger partial charge in [-0.2, -0.15) is 4.31 Å². The predicted molar refractivity (Wildman–Crippen MR) is 133 cm³/mol. The Bertz CT molecular complexity index is 1390. The molecule has 1 amide bonds. The van der Waals surface area contributed by atoms with Gasteiger partial charge >= 0.3 is 0 Å². The van der Waals surface area contributed by atoms with E-state index in [0.29, 0.717) is 49.7 Å². The molecule has 2 aromatic carbocycles. The first-order valence-corrected chi connectivity index (χ1v) is 12.9. The number of morpholine rings is 1. The summed E-state index contributed by atoms with van der Waals surface area (Å²) < 4.78 is 39.3. The van der Waals surface area contributed by atoms with Crippen LogP contribution in [0, 0.1) is 6.92 Å². The Hall–Kier alpha value is -3.21. The van der Waals surface area contributed by atoms with Crippen molar-refractivity contribution in [3.05, 3.63) is 64.4 Å². The van der Waals surface area contributed by atoms with Gasteiger partial charge in [-0.1, -0.05) is 19.1 Å². The summed E-state index contributed by atoms with van der Waals surface area (Å²) in [6.45, 7) is 5.02. The number of methoxy groups -OCH3 is 1. The first-order chi connectivity index (χ1) is 16.8. The van der Waals surface area contributed by atoms with Crippen LogP contribution < -0.4 is 15.6 Å². The van der Waals surface area contributed by atoms with Crippen molar-refractivity contribution in [2.75, 3.05) is 38.7 Å². The Kier molecular flexibility index (Phi) is 7.25. The van der Waals surface area contributed by atoms with Gasteiger partial charge in [0.2, 0.25) is 15.9 Å². The van der Waals surface area contributed by atoms with Gasteiger partial charge in [0.05, 0.1) is 30.7 Å². The van der Waals surface area contributed by atoms with Gasteiger partial charge in [-0.15, -0.1) is 0 Å². The minimum Gasteiger partial charge on any atom is -0.495 e. The second kappa shape index (κ2) is 10.2. The lowest BCUT2D eigenvalue weighted by atomic mass is 10.1. The third kappa shape index (κ3) is 4.82. The minimum absolute atomic E-state index is 0.148. The number of rotatable bonds is 7. The zero-order chi connectivity index (χ0) is 25.2. The molecule has 1 fully saturated rings. The largest absolute Gasteiger partial charge is 0.495 e. The lowest BCUT2D eigenvalue weighted by Crippen LogP contribution is -2.40. The van der Waals surface area contributed by atoms with Gasteiger partial charge < -0.3 is 14.8 Å². The molecule has 3 aromatic rings. The molecule has 2 heterocycles. The molecule has 0 aliphatic carbocycles. The highest BCUT2D eigenvalue weighted by atomic mass is 32.2. The summed E-state index contributed by atoms with van der Waals surface area (Å²) in [7, 11) is -2.10. The van der Waals surface area contributed by atoms with E-state index in [2.05, 4.69) is 5.32 Å². The lowest BCUT2D eigenvalue weighted by molar-refractivity contribution is -0.119. The third-order valence-electron chi connectivity index (χ3n) is 6.19. The lowest BCUT2D eigenvalue weighted by Gasteiger charge is -2.26. The van der Waals surface area contributed by atoms with Crippen molar-refractivity contribution >= 4 is 32.5 Å². The number of ether oxygens (including phenoxy) is 2. The monoisotopic (exact) mass is 499 g/mol. The van der Waals surface area contributed by atoms with Crippen molar-refractivity contribution in [2.24, 2.45) is 0 Å². The van der Waals surface area contributed by atoms with Crippen molar-refractivity contribution in [1.29, 1.82) is 0 Å². The number of benzene rings is 2. The van der Waals surface area contributed by atoms with Crippen molar-refractivity contribution in [1.82, 2.24) is 8.87 Å². The van der Waals surface area contributed by atoms with Crippen LogP contribution in [0.5, 0.6) is 5.75 Å². The summed E-state index contributed by atoms with van der Waals surface area (Å²) in [5.41, 5.74) is 1.50. The Labute approximate surface area is 204 Å². The summed E-state index contributed by atoms with van der Waals surface area (Å²) in [5.74, 6) is 0.127. The van der Waals surface area contributed by atoms with E-state index in [9.17, 15) is 18.0 Å². The maximum Gasteiger partial charge on any atom is 0.252 e. The fourth-order valence-electron chi connectivity index (χ4n) is 4.36. The molecule has 9 nitrogen and oxygen atoms in total. The second-order valence-corrected chi connectivity index (χ2v) is 10.3. The van der Waals surface area contributed by atoms with Crippen LogP contribution in [-0.4, -0.2) is 56.6 Å². The Morgan fingerprint density at radius 2 is 1.83 bits per heavy atom. The summed E-state index contributed by atoms with van der Waals surface area (Å²) in [4.78, 5) is 26.5. The minimum atomic E-state index is -3.63. The molecule has 35 heavy (non-hydrogen) atoms. The number of pyridine rings is 1. The van der Waals surface area contributed by atoms with Gasteiger partial charge in [0.15, 0.2) is 0 Å². The predicted octanol–water partition coefficient (Wildman–Crippen LogP) is 2.93. The Morgan fingerprint density at radius 3 is 2.46 bits per heavy atom. The van der Waals surface area contributed by atoms with E-state index in [1.807, 2.05) is 26.0 Å². The van der Waals surface area contributed by atoms with Crippen LogP contribution in [0.25, 0.3) is 10.9 Å². The van der Waals surface area contributed by atoms with Gasteiger partial charge in [-0.25, -0.2) is 8.42 Å². The van der Waals surface area contributed by atoms with E-state index < -0.39 is 16.1 Å². The van der Waals surface area contributed by atoms with Crippen molar-refractivity contribution in [3.8, 4) is 5.75 Å². The fourth-order valence-corrected chi connectivity index (χ4v) is 5.77. The smallest absolute Gasteiger partial charge is 0.252 e. The molecule has 186 valence electrons. The van der Waals surface area contributed by atoms with Gasteiger partial charge in [-0.3, -0.25) is 14.2 Å². The standard InChI is InChI=1S/C25H29N3O6S/c1-4-21(28-23(29)16-17(2)20-6-5-7-22(33-3)24(20)28)25(30)26-18-8-10-19(11-9-18)35(31,32)27-12-14-34-15-13-27/h5-11,16,21H,4,12-15H2,1-3H3,(H,26,30). The molecule has 1 saturated heterocycles. The van der Waals surface area contributed by atoms with Crippen molar-refractivity contribution in [3.63, 3.8) is 0 Å². The molecular formula is C25H29N3O6S. The van der Waals surface area contributed by atoms with E-state index in [1.165, 1.54) is 34.2 Å². The molecule has 1 atom stereocenters. The number of hydrogen-bond acceptors (Lipinski definition) is 6. The molecule has 1 N–H and O–H groups in total. The highest BCUT2D eigenvalue weighted by Crippen LogP contribution is 2.30. The average molecular weight is 500 g/mol. The normalized spacial score (nSPS) is 15.6. The van der Waals surface area contributed by atoms with Crippen LogP contribution >= 0.6 is 0 Å². The van der Waals surface area contributed by atoms with Crippen LogP contribution in [0.2, 0.25) is 0 Å². The topological polar surface area (TPSA) is 107 Å². The van der Waals surface area contributed by atoms with Crippen molar-refractivity contribution in [2.45, 2.75) is 31.2 Å². The number of nitrogens with one attached hydrogen (secondary N) is 1. The molecule has 4 rings (SSSR count). The zero-order valence-corrected chi connectivity index (χ0v) is 20.8. The fraction of sp³-hybridized carbons (Fsp3) is 0.360. The van der Waals surface area contributed by atoms with Crippen LogP contribution in [-0.2, 0) is 19.6 Å². The van der Waals surface area contributed by atoms with Crippen LogP contribution in [0.4, 0.5) is 5.69 Å². The molecule has 1 aliphatic rings. The molecule has 10 heteroatoms. The first-order valence-electron chi connectivity index (χ1n) is 11.5. The molecule has 1 unspecified atom stereocenters.